The van der Waals surface area contributed by atoms with Gasteiger partial charge in [0, 0.05) is 12.6 Å². The number of benzene rings is 2. The third-order valence-corrected chi connectivity index (χ3v) is 7.02. The number of rotatable bonds is 11. The van der Waals surface area contributed by atoms with Crippen molar-refractivity contribution >= 4 is 27.5 Å². The largest absolute Gasteiger partial charge is 0.352 e. The molecule has 186 valence electrons. The van der Waals surface area contributed by atoms with Crippen molar-refractivity contribution in [2.75, 3.05) is 17.1 Å². The van der Waals surface area contributed by atoms with E-state index in [9.17, 15) is 18.0 Å². The first-order chi connectivity index (χ1) is 16.0. The van der Waals surface area contributed by atoms with Gasteiger partial charge in [0.05, 0.1) is 11.9 Å². The van der Waals surface area contributed by atoms with Crippen molar-refractivity contribution in [3.8, 4) is 0 Å². The Kier molecular flexibility index (Phi) is 9.67. The van der Waals surface area contributed by atoms with Gasteiger partial charge in [0.15, 0.2) is 0 Å². The lowest BCUT2D eigenvalue weighted by Crippen LogP contribution is -2.53. The summed E-state index contributed by atoms with van der Waals surface area (Å²) in [6, 6.07) is 14.1. The van der Waals surface area contributed by atoms with Crippen LogP contribution < -0.4 is 9.62 Å². The monoisotopic (exact) mass is 487 g/mol. The summed E-state index contributed by atoms with van der Waals surface area (Å²) in [5, 5.41) is 2.97. The summed E-state index contributed by atoms with van der Waals surface area (Å²) >= 11 is 0. The first-order valence-electron chi connectivity index (χ1n) is 11.7. The average Bonchev–Trinajstić information content (AvgIpc) is 2.78. The molecule has 0 aliphatic rings. The number of nitrogens with zero attached hydrogens (tertiary/aromatic N) is 2. The normalized spacial score (nSPS) is 13.1. The van der Waals surface area contributed by atoms with E-state index in [4.69, 9.17) is 0 Å². The van der Waals surface area contributed by atoms with Crippen LogP contribution in [0, 0.1) is 13.8 Å². The maximum Gasteiger partial charge on any atom is 0.244 e. The molecule has 1 N–H and O–H groups in total. The maximum atomic E-state index is 13.7. The summed E-state index contributed by atoms with van der Waals surface area (Å²) < 4.78 is 26.6. The lowest BCUT2D eigenvalue weighted by Gasteiger charge is -2.33. The quantitative estimate of drug-likeness (QED) is 0.522. The van der Waals surface area contributed by atoms with Gasteiger partial charge in [0.25, 0.3) is 0 Å². The van der Waals surface area contributed by atoms with E-state index in [1.54, 1.807) is 6.07 Å². The number of anilines is 1. The number of hydrogen-bond acceptors (Lipinski definition) is 4. The number of aryl methyl sites for hydroxylation is 2. The van der Waals surface area contributed by atoms with Gasteiger partial charge in [-0.05, 0) is 56.4 Å². The summed E-state index contributed by atoms with van der Waals surface area (Å²) in [4.78, 5) is 28.3. The predicted octanol–water partition coefficient (Wildman–Crippen LogP) is 3.79. The second-order valence-electron chi connectivity index (χ2n) is 8.81. The molecule has 0 saturated heterocycles. The molecule has 0 fully saturated rings. The fraction of sp³-hybridized carbons (Fsp3) is 0.462. The number of carbonyl (C=O) groups is 2. The minimum absolute atomic E-state index is 0.0299. The SMILES string of the molecule is CC[C@H](C)NC(=O)[C@H](CC)N(Cc1ccccc1)C(=O)CN(c1cc(C)ccc1C)S(C)(=O)=O. The molecule has 2 atom stereocenters. The Morgan fingerprint density at radius 1 is 1.00 bits per heavy atom. The molecule has 0 unspecified atom stereocenters. The molecule has 0 aliphatic carbocycles. The summed E-state index contributed by atoms with van der Waals surface area (Å²) in [6.45, 7) is 9.25. The van der Waals surface area contributed by atoms with E-state index in [1.165, 1.54) is 4.90 Å². The fourth-order valence-electron chi connectivity index (χ4n) is 3.72. The predicted molar refractivity (Wildman–Crippen MR) is 137 cm³/mol. The molecule has 8 heteroatoms. The molecule has 0 heterocycles. The average molecular weight is 488 g/mol. The molecule has 34 heavy (non-hydrogen) atoms. The Morgan fingerprint density at radius 2 is 1.65 bits per heavy atom. The Bertz CT molecular complexity index is 1090. The van der Waals surface area contributed by atoms with E-state index < -0.39 is 22.0 Å². The van der Waals surface area contributed by atoms with Crippen LogP contribution in [0.25, 0.3) is 0 Å². The van der Waals surface area contributed by atoms with Gasteiger partial charge in [-0.3, -0.25) is 13.9 Å². The third-order valence-electron chi connectivity index (χ3n) is 5.90. The van der Waals surface area contributed by atoms with Gasteiger partial charge >= 0.3 is 0 Å². The summed E-state index contributed by atoms with van der Waals surface area (Å²) in [6.07, 6.45) is 2.27. The van der Waals surface area contributed by atoms with Gasteiger partial charge in [0.1, 0.15) is 12.6 Å². The Morgan fingerprint density at radius 3 is 2.21 bits per heavy atom. The minimum atomic E-state index is -3.75. The summed E-state index contributed by atoms with van der Waals surface area (Å²) in [5.41, 5.74) is 2.97. The van der Waals surface area contributed by atoms with E-state index in [2.05, 4.69) is 5.32 Å². The van der Waals surface area contributed by atoms with E-state index in [1.807, 2.05) is 77.1 Å². The van der Waals surface area contributed by atoms with Gasteiger partial charge in [-0.15, -0.1) is 0 Å². The number of hydrogen-bond donors (Lipinski definition) is 1. The first kappa shape index (κ1) is 27.4. The number of sulfonamides is 1. The Balaban J connectivity index is 2.45. The first-order valence-corrected chi connectivity index (χ1v) is 13.5. The van der Waals surface area contributed by atoms with Crippen LogP contribution in [-0.2, 0) is 26.2 Å². The van der Waals surface area contributed by atoms with Crippen molar-refractivity contribution in [3.05, 3.63) is 65.2 Å². The van der Waals surface area contributed by atoms with Gasteiger partial charge in [-0.2, -0.15) is 0 Å². The molecule has 7 nitrogen and oxygen atoms in total. The highest BCUT2D eigenvalue weighted by Crippen LogP contribution is 2.25. The Hall–Kier alpha value is -2.87. The summed E-state index contributed by atoms with van der Waals surface area (Å²) in [7, 11) is -3.75. The maximum absolute atomic E-state index is 13.7. The molecule has 0 aliphatic heterocycles. The van der Waals surface area contributed by atoms with E-state index in [-0.39, 0.29) is 25.0 Å². The van der Waals surface area contributed by atoms with Crippen LogP contribution in [0.1, 0.15) is 50.3 Å². The minimum Gasteiger partial charge on any atom is -0.352 e. The van der Waals surface area contributed by atoms with Crippen LogP contribution in [0.15, 0.2) is 48.5 Å². The molecule has 0 radical (unpaired) electrons. The zero-order chi connectivity index (χ0) is 25.5. The van der Waals surface area contributed by atoms with Crippen LogP contribution in [0.5, 0.6) is 0 Å². The molecule has 2 aromatic rings. The zero-order valence-corrected chi connectivity index (χ0v) is 21.9. The van der Waals surface area contributed by atoms with Crippen molar-refractivity contribution < 1.29 is 18.0 Å². The summed E-state index contributed by atoms with van der Waals surface area (Å²) in [5.74, 6) is -0.667. The highest BCUT2D eigenvalue weighted by atomic mass is 32.2. The Labute approximate surface area is 204 Å². The third kappa shape index (κ3) is 7.32. The van der Waals surface area contributed by atoms with Gasteiger partial charge in [0.2, 0.25) is 21.8 Å². The molecule has 2 aromatic carbocycles. The molecular formula is C26H37N3O4S. The van der Waals surface area contributed by atoms with Gasteiger partial charge in [-0.25, -0.2) is 8.42 Å². The van der Waals surface area contributed by atoms with Crippen molar-refractivity contribution in [2.24, 2.45) is 0 Å². The molecule has 2 amide bonds. The van der Waals surface area contributed by atoms with Gasteiger partial charge in [-0.1, -0.05) is 56.3 Å². The number of carbonyl (C=O) groups excluding carboxylic acids is 2. The fourth-order valence-corrected chi connectivity index (χ4v) is 4.62. The second-order valence-corrected chi connectivity index (χ2v) is 10.7. The van der Waals surface area contributed by atoms with Crippen molar-refractivity contribution in [1.82, 2.24) is 10.2 Å². The van der Waals surface area contributed by atoms with Crippen LogP contribution in [0.3, 0.4) is 0 Å². The topological polar surface area (TPSA) is 86.8 Å². The molecule has 2 rings (SSSR count). The van der Waals surface area contributed by atoms with E-state index in [0.29, 0.717) is 12.1 Å². The highest BCUT2D eigenvalue weighted by molar-refractivity contribution is 7.92. The lowest BCUT2D eigenvalue weighted by atomic mass is 10.1. The van der Waals surface area contributed by atoms with Crippen LogP contribution in [-0.4, -0.2) is 50.0 Å². The molecule has 0 spiro atoms. The molecule has 0 saturated carbocycles. The van der Waals surface area contributed by atoms with Crippen LogP contribution in [0.2, 0.25) is 0 Å². The number of nitrogens with one attached hydrogen (secondary N) is 1. The van der Waals surface area contributed by atoms with Crippen molar-refractivity contribution in [3.63, 3.8) is 0 Å². The second kappa shape index (κ2) is 12.0. The molecule has 0 bridgehead atoms. The van der Waals surface area contributed by atoms with Crippen molar-refractivity contribution in [2.45, 2.75) is 66.1 Å². The molecule has 0 aromatic heterocycles. The van der Waals surface area contributed by atoms with Crippen LogP contribution in [0.4, 0.5) is 5.69 Å². The number of amides is 2. The molecular weight excluding hydrogens is 450 g/mol. The highest BCUT2D eigenvalue weighted by Gasteiger charge is 2.32. The smallest absolute Gasteiger partial charge is 0.244 e. The lowest BCUT2D eigenvalue weighted by molar-refractivity contribution is -0.140. The van der Waals surface area contributed by atoms with E-state index >= 15 is 0 Å². The van der Waals surface area contributed by atoms with E-state index in [0.717, 1.165) is 33.7 Å². The van der Waals surface area contributed by atoms with Gasteiger partial charge < -0.3 is 10.2 Å². The van der Waals surface area contributed by atoms with Crippen molar-refractivity contribution in [1.29, 1.82) is 0 Å². The standard InChI is InChI=1S/C26H37N3O4S/c1-7-21(5)27-26(31)23(8-2)28(17-22-12-10-9-11-13-22)25(30)18-29(34(6,32)33)24-16-19(3)14-15-20(24)4/h9-16,21,23H,7-8,17-18H2,1-6H3,(H,27,31)/t21-,23-/m0/s1. The zero-order valence-electron chi connectivity index (χ0n) is 21.0. The van der Waals surface area contributed by atoms with Crippen LogP contribution >= 0.6 is 0 Å².